The zero-order valence-electron chi connectivity index (χ0n) is 7.16. The molecule has 0 aromatic carbocycles. The average molecular weight is 183 g/mol. The maximum atomic E-state index is 4.24. The molecule has 1 aliphatic heterocycles. The second-order valence-corrected chi connectivity index (χ2v) is 4.05. The summed E-state index contributed by atoms with van der Waals surface area (Å²) in [6, 6.07) is 0. The van der Waals surface area contributed by atoms with Gasteiger partial charge in [0.05, 0.1) is 11.6 Å². The van der Waals surface area contributed by atoms with Crippen molar-refractivity contribution in [2.75, 3.05) is 12.3 Å². The van der Waals surface area contributed by atoms with Crippen LogP contribution in [0.3, 0.4) is 0 Å². The molecule has 1 aliphatic rings. The number of nitrogens with zero attached hydrogens (tertiary/aromatic N) is 2. The summed E-state index contributed by atoms with van der Waals surface area (Å²) >= 11 is 1.95. The summed E-state index contributed by atoms with van der Waals surface area (Å²) in [5.41, 5.74) is 1.30. The van der Waals surface area contributed by atoms with Crippen molar-refractivity contribution >= 4 is 11.8 Å². The van der Waals surface area contributed by atoms with E-state index >= 15 is 0 Å². The molecule has 2 rings (SSSR count). The van der Waals surface area contributed by atoms with Gasteiger partial charge in [-0.1, -0.05) is 0 Å². The highest BCUT2D eigenvalue weighted by molar-refractivity contribution is 7.99. The highest BCUT2D eigenvalue weighted by Gasteiger charge is 2.17. The van der Waals surface area contributed by atoms with Crippen LogP contribution >= 0.6 is 11.8 Å². The molecular formula is C8H13N3S. The third-order valence-corrected chi connectivity index (χ3v) is 3.21. The van der Waals surface area contributed by atoms with Crippen LogP contribution in [0.15, 0.2) is 12.4 Å². The van der Waals surface area contributed by atoms with Crippen molar-refractivity contribution < 1.29 is 0 Å². The van der Waals surface area contributed by atoms with E-state index in [0.717, 1.165) is 13.1 Å². The summed E-state index contributed by atoms with van der Waals surface area (Å²) in [7, 11) is 0. The monoisotopic (exact) mass is 183 g/mol. The first kappa shape index (κ1) is 8.13. The lowest BCUT2D eigenvalue weighted by Gasteiger charge is -2.04. The van der Waals surface area contributed by atoms with Gasteiger partial charge in [0.1, 0.15) is 0 Å². The van der Waals surface area contributed by atoms with Crippen molar-refractivity contribution in [3.05, 3.63) is 18.0 Å². The van der Waals surface area contributed by atoms with E-state index in [1.165, 1.54) is 11.3 Å². The van der Waals surface area contributed by atoms with Gasteiger partial charge in [0.2, 0.25) is 0 Å². The van der Waals surface area contributed by atoms with E-state index in [-0.39, 0.29) is 0 Å². The summed E-state index contributed by atoms with van der Waals surface area (Å²) in [6.07, 6.45) is 4.08. The molecule has 0 amide bonds. The second-order valence-electron chi connectivity index (χ2n) is 2.83. The van der Waals surface area contributed by atoms with Gasteiger partial charge in [-0.3, -0.25) is 4.68 Å². The van der Waals surface area contributed by atoms with Crippen LogP contribution in [0.1, 0.15) is 17.9 Å². The van der Waals surface area contributed by atoms with Gasteiger partial charge in [-0.15, -0.1) is 11.8 Å². The summed E-state index contributed by atoms with van der Waals surface area (Å²) in [6.45, 7) is 4.18. The Morgan fingerprint density at radius 2 is 2.75 bits per heavy atom. The van der Waals surface area contributed by atoms with Gasteiger partial charge in [0.15, 0.2) is 0 Å². The largest absolute Gasteiger partial charge is 0.301 e. The minimum Gasteiger partial charge on any atom is -0.301 e. The van der Waals surface area contributed by atoms with E-state index in [1.807, 2.05) is 22.6 Å². The Morgan fingerprint density at radius 1 is 1.83 bits per heavy atom. The van der Waals surface area contributed by atoms with Crippen molar-refractivity contribution in [1.29, 1.82) is 0 Å². The average Bonchev–Trinajstić information content (AvgIpc) is 2.75. The molecule has 0 bridgehead atoms. The lowest BCUT2D eigenvalue weighted by Crippen LogP contribution is -2.11. The highest BCUT2D eigenvalue weighted by Crippen LogP contribution is 2.29. The first-order chi connectivity index (χ1) is 5.90. The van der Waals surface area contributed by atoms with E-state index in [1.54, 1.807) is 0 Å². The van der Waals surface area contributed by atoms with Gasteiger partial charge in [-0.2, -0.15) is 5.10 Å². The fraction of sp³-hybridized carbons (Fsp3) is 0.625. The smallest absolute Gasteiger partial charge is 0.0820 e. The molecule has 0 aliphatic carbocycles. The normalized spacial score (nSPS) is 23.2. The van der Waals surface area contributed by atoms with Crippen LogP contribution in [0, 0.1) is 0 Å². The quantitative estimate of drug-likeness (QED) is 0.748. The summed E-state index contributed by atoms with van der Waals surface area (Å²) in [4.78, 5) is 0. The topological polar surface area (TPSA) is 29.9 Å². The van der Waals surface area contributed by atoms with E-state index in [9.17, 15) is 0 Å². The van der Waals surface area contributed by atoms with Crippen LogP contribution in [-0.2, 0) is 6.54 Å². The lowest BCUT2D eigenvalue weighted by atomic mass is 10.3. The number of hydrogen-bond donors (Lipinski definition) is 1. The first-order valence-corrected chi connectivity index (χ1v) is 5.32. The third kappa shape index (κ3) is 1.49. The number of thioether (sulfide) groups is 1. The molecule has 2 heterocycles. The van der Waals surface area contributed by atoms with Crippen molar-refractivity contribution in [2.45, 2.75) is 18.8 Å². The van der Waals surface area contributed by atoms with E-state index in [4.69, 9.17) is 0 Å². The Morgan fingerprint density at radius 3 is 3.33 bits per heavy atom. The number of rotatable bonds is 2. The Labute approximate surface area is 76.5 Å². The van der Waals surface area contributed by atoms with Gasteiger partial charge in [-0.25, -0.2) is 0 Å². The minimum absolute atomic E-state index is 0.477. The lowest BCUT2D eigenvalue weighted by molar-refractivity contribution is 0.658. The van der Waals surface area contributed by atoms with Gasteiger partial charge in [-0.05, 0) is 6.92 Å². The predicted molar refractivity (Wildman–Crippen MR) is 51.1 cm³/mol. The van der Waals surface area contributed by atoms with Crippen molar-refractivity contribution in [3.63, 3.8) is 0 Å². The third-order valence-electron chi connectivity index (χ3n) is 2.00. The molecule has 0 saturated carbocycles. The van der Waals surface area contributed by atoms with Crippen molar-refractivity contribution in [1.82, 2.24) is 15.1 Å². The van der Waals surface area contributed by atoms with E-state index < -0.39 is 0 Å². The molecule has 12 heavy (non-hydrogen) atoms. The van der Waals surface area contributed by atoms with Crippen LogP contribution in [0.4, 0.5) is 0 Å². The molecule has 1 fully saturated rings. The molecule has 1 aromatic heterocycles. The zero-order valence-corrected chi connectivity index (χ0v) is 7.97. The Balaban J connectivity index is 2.11. The molecule has 1 atom stereocenters. The Bertz CT molecular complexity index is 253. The van der Waals surface area contributed by atoms with Crippen molar-refractivity contribution in [2.24, 2.45) is 0 Å². The maximum absolute atomic E-state index is 4.24. The van der Waals surface area contributed by atoms with Gasteiger partial charge >= 0.3 is 0 Å². The van der Waals surface area contributed by atoms with E-state index in [2.05, 4.69) is 23.5 Å². The maximum Gasteiger partial charge on any atom is 0.0820 e. The second kappa shape index (κ2) is 3.49. The number of hydrogen-bond acceptors (Lipinski definition) is 3. The highest BCUT2D eigenvalue weighted by atomic mass is 32.2. The van der Waals surface area contributed by atoms with Crippen LogP contribution < -0.4 is 5.32 Å². The molecule has 1 N–H and O–H groups in total. The van der Waals surface area contributed by atoms with Crippen molar-refractivity contribution in [3.8, 4) is 0 Å². The molecule has 66 valence electrons. The van der Waals surface area contributed by atoms with Crippen LogP contribution in [-0.4, -0.2) is 22.1 Å². The molecule has 1 unspecified atom stereocenters. The van der Waals surface area contributed by atoms with Gasteiger partial charge in [0.25, 0.3) is 0 Å². The Hall–Kier alpha value is -0.480. The molecule has 0 spiro atoms. The summed E-state index contributed by atoms with van der Waals surface area (Å²) < 4.78 is 1.97. The molecular weight excluding hydrogens is 170 g/mol. The molecule has 4 heteroatoms. The molecule has 1 saturated heterocycles. The van der Waals surface area contributed by atoms with Crippen LogP contribution in [0.2, 0.25) is 0 Å². The SMILES string of the molecule is CCn1cc(C2NCCS2)cn1. The molecule has 0 radical (unpaired) electrons. The van der Waals surface area contributed by atoms with Crippen LogP contribution in [0.5, 0.6) is 0 Å². The standard InChI is InChI=1S/C8H13N3S/c1-2-11-6-7(5-10-11)8-9-3-4-12-8/h5-6,8-9H,2-4H2,1H3. The van der Waals surface area contributed by atoms with Crippen LogP contribution in [0.25, 0.3) is 0 Å². The molecule has 1 aromatic rings. The number of aromatic nitrogens is 2. The minimum atomic E-state index is 0.477. The Kier molecular flexibility index (Phi) is 2.37. The predicted octanol–water partition coefficient (Wildman–Crippen LogP) is 1.24. The number of aryl methyl sites for hydroxylation is 1. The van der Waals surface area contributed by atoms with Gasteiger partial charge < -0.3 is 5.32 Å². The fourth-order valence-corrected chi connectivity index (χ4v) is 2.35. The zero-order chi connectivity index (χ0) is 8.39. The summed E-state index contributed by atoms with van der Waals surface area (Å²) in [5, 5.41) is 8.14. The van der Waals surface area contributed by atoms with E-state index in [0.29, 0.717) is 5.37 Å². The van der Waals surface area contributed by atoms with Gasteiger partial charge in [0, 0.05) is 30.6 Å². The number of nitrogens with one attached hydrogen (secondary N) is 1. The molecule has 3 nitrogen and oxygen atoms in total. The summed E-state index contributed by atoms with van der Waals surface area (Å²) in [5.74, 6) is 1.21. The fourth-order valence-electron chi connectivity index (χ4n) is 1.33. The first-order valence-electron chi connectivity index (χ1n) is 4.27.